The Morgan fingerprint density at radius 3 is 2.65 bits per heavy atom. The molecule has 1 aromatic heterocycles. The first-order chi connectivity index (χ1) is 14.6. The lowest BCUT2D eigenvalue weighted by Crippen LogP contribution is -2.59. The first-order valence-electron chi connectivity index (χ1n) is 10.9. The molecule has 2 aliphatic heterocycles. The van der Waals surface area contributed by atoms with Crippen LogP contribution in [0.25, 0.3) is 11.1 Å². The van der Waals surface area contributed by atoms with Crippen molar-refractivity contribution in [2.75, 3.05) is 32.1 Å². The molecule has 168 valence electrons. The average Bonchev–Trinajstić information content (AvgIpc) is 3.16. The molecule has 1 saturated carbocycles. The number of hydrogen-bond donors (Lipinski definition) is 1. The van der Waals surface area contributed by atoms with E-state index in [1.54, 1.807) is 4.90 Å². The minimum Gasteiger partial charge on any atom is -0.444 e. The lowest BCUT2D eigenvalue weighted by Gasteiger charge is -2.52. The number of benzene rings is 1. The number of carbonyl (C=O) groups excluding carboxylic acids is 2. The number of piperidine rings is 2. The number of aromatic nitrogens is 1. The van der Waals surface area contributed by atoms with Crippen molar-refractivity contribution in [3.8, 4) is 0 Å². The Morgan fingerprint density at radius 2 is 2.00 bits per heavy atom. The quantitative estimate of drug-likeness (QED) is 0.797. The molecule has 1 aliphatic carbocycles. The monoisotopic (exact) mass is 428 g/mol. The number of para-hydroxylation sites is 1. The lowest BCUT2D eigenvalue weighted by molar-refractivity contribution is -0.0122. The van der Waals surface area contributed by atoms with E-state index in [1.807, 2.05) is 58.0 Å². The molecule has 0 atom stereocenters. The van der Waals surface area contributed by atoms with Gasteiger partial charge in [-0.05, 0) is 58.6 Å². The normalized spacial score (nSPS) is 23.1. The Morgan fingerprint density at radius 1 is 1.29 bits per heavy atom. The van der Waals surface area contributed by atoms with Crippen molar-refractivity contribution in [3.63, 3.8) is 0 Å². The highest BCUT2D eigenvalue weighted by Crippen LogP contribution is 2.45. The summed E-state index contributed by atoms with van der Waals surface area (Å²) in [6.45, 7) is 6.69. The van der Waals surface area contributed by atoms with Gasteiger partial charge in [0.05, 0.1) is 5.56 Å². The molecular formula is C23H32N4O4. The van der Waals surface area contributed by atoms with Crippen LogP contribution in [0.5, 0.6) is 0 Å². The Hall–Kier alpha value is -2.77. The van der Waals surface area contributed by atoms with Crippen LogP contribution in [0.3, 0.4) is 0 Å². The van der Waals surface area contributed by atoms with Crippen molar-refractivity contribution in [1.82, 2.24) is 15.2 Å². The van der Waals surface area contributed by atoms with E-state index in [0.29, 0.717) is 35.8 Å². The number of ether oxygens (including phenoxy) is 1. The summed E-state index contributed by atoms with van der Waals surface area (Å²) in [5, 5.41) is 2.94. The second-order valence-corrected chi connectivity index (χ2v) is 10.1. The van der Waals surface area contributed by atoms with Gasteiger partial charge >= 0.3 is 6.09 Å². The minimum atomic E-state index is -0.532. The van der Waals surface area contributed by atoms with E-state index in [-0.39, 0.29) is 17.4 Å². The van der Waals surface area contributed by atoms with E-state index in [9.17, 15) is 9.59 Å². The molecular weight excluding hydrogens is 396 g/mol. The Kier molecular flexibility index (Phi) is 5.35. The summed E-state index contributed by atoms with van der Waals surface area (Å²) >= 11 is 0. The number of amides is 2. The van der Waals surface area contributed by atoms with E-state index in [0.717, 1.165) is 25.7 Å². The molecule has 1 aromatic carbocycles. The molecule has 8 nitrogen and oxygen atoms in total. The SMILES string of the molecule is CN(C)c1nc2c(C(=O)N3CC4(CNC(=O)OC(C)(C)C)CCC3CC4)cccc2o1. The summed E-state index contributed by atoms with van der Waals surface area (Å²) < 4.78 is 11.2. The smallest absolute Gasteiger partial charge is 0.407 e. The highest BCUT2D eigenvalue weighted by atomic mass is 16.6. The van der Waals surface area contributed by atoms with E-state index in [4.69, 9.17) is 9.15 Å². The van der Waals surface area contributed by atoms with Crippen LogP contribution in [0.1, 0.15) is 56.8 Å². The molecule has 2 bridgehead atoms. The van der Waals surface area contributed by atoms with Gasteiger partial charge in [-0.3, -0.25) is 4.79 Å². The van der Waals surface area contributed by atoms with Crippen LogP contribution < -0.4 is 10.2 Å². The van der Waals surface area contributed by atoms with Crippen molar-refractivity contribution in [3.05, 3.63) is 23.8 Å². The molecule has 0 spiro atoms. The van der Waals surface area contributed by atoms with Crippen molar-refractivity contribution in [2.24, 2.45) is 5.41 Å². The number of fused-ring (bicyclic) bond motifs is 4. The van der Waals surface area contributed by atoms with Crippen LogP contribution in [0.4, 0.5) is 10.8 Å². The van der Waals surface area contributed by atoms with Crippen LogP contribution in [-0.2, 0) is 4.74 Å². The summed E-state index contributed by atoms with van der Waals surface area (Å²) in [5.74, 6) is -0.0183. The highest BCUT2D eigenvalue weighted by Gasteiger charge is 2.47. The Labute approximate surface area is 182 Å². The average molecular weight is 429 g/mol. The standard InChI is InChI=1S/C23H32N4O4/c1-22(2,3)31-21(29)24-13-23-11-9-15(10-12-23)27(14-23)19(28)16-7-6-8-17-18(16)25-20(30-17)26(4)5/h6-8,15H,9-14H2,1-5H3,(H,24,29). The van der Waals surface area contributed by atoms with Crippen LogP contribution in [0, 0.1) is 5.41 Å². The minimum absolute atomic E-state index is 0.0183. The van der Waals surface area contributed by atoms with Gasteiger partial charge in [0.25, 0.3) is 11.9 Å². The molecule has 1 N–H and O–H groups in total. The number of nitrogens with zero attached hydrogens (tertiary/aromatic N) is 3. The maximum absolute atomic E-state index is 13.6. The number of nitrogens with one attached hydrogen (secondary N) is 1. The zero-order valence-electron chi connectivity index (χ0n) is 19.0. The van der Waals surface area contributed by atoms with Crippen LogP contribution in [0.15, 0.2) is 22.6 Å². The van der Waals surface area contributed by atoms with Gasteiger partial charge in [0.2, 0.25) is 0 Å². The molecule has 0 radical (unpaired) electrons. The molecule has 3 heterocycles. The maximum atomic E-state index is 13.6. The topological polar surface area (TPSA) is 87.9 Å². The van der Waals surface area contributed by atoms with Crippen LogP contribution >= 0.6 is 0 Å². The lowest BCUT2D eigenvalue weighted by atomic mass is 9.67. The predicted octanol–water partition coefficient (Wildman–Crippen LogP) is 3.80. The van der Waals surface area contributed by atoms with Crippen molar-refractivity contribution in [1.29, 1.82) is 0 Å². The van der Waals surface area contributed by atoms with Gasteiger partial charge in [-0.25, -0.2) is 4.79 Å². The second-order valence-electron chi connectivity index (χ2n) is 10.1. The van der Waals surface area contributed by atoms with Crippen molar-refractivity contribution < 1.29 is 18.7 Å². The molecule has 2 amide bonds. The molecule has 5 rings (SSSR count). The molecule has 2 saturated heterocycles. The number of rotatable bonds is 4. The van der Waals surface area contributed by atoms with Gasteiger partial charge < -0.3 is 24.3 Å². The van der Waals surface area contributed by atoms with Crippen molar-refractivity contribution in [2.45, 2.75) is 58.1 Å². The summed E-state index contributed by atoms with van der Waals surface area (Å²) in [6.07, 6.45) is 3.47. The Bertz CT molecular complexity index is 983. The summed E-state index contributed by atoms with van der Waals surface area (Å²) in [6, 6.07) is 6.20. The van der Waals surface area contributed by atoms with E-state index >= 15 is 0 Å². The molecule has 0 unspecified atom stereocenters. The zero-order valence-corrected chi connectivity index (χ0v) is 19.0. The fraction of sp³-hybridized carbons (Fsp3) is 0.609. The summed E-state index contributed by atoms with van der Waals surface area (Å²) in [5.41, 5.74) is 1.12. The third-order valence-electron chi connectivity index (χ3n) is 6.25. The fourth-order valence-electron chi connectivity index (χ4n) is 4.67. The third-order valence-corrected chi connectivity index (χ3v) is 6.25. The molecule has 8 heteroatoms. The number of anilines is 1. The second kappa shape index (κ2) is 7.73. The van der Waals surface area contributed by atoms with E-state index in [1.165, 1.54) is 0 Å². The maximum Gasteiger partial charge on any atom is 0.407 e. The Balaban J connectivity index is 1.52. The number of alkyl carbamates (subject to hydrolysis) is 1. The largest absolute Gasteiger partial charge is 0.444 e. The van der Waals surface area contributed by atoms with E-state index in [2.05, 4.69) is 10.3 Å². The zero-order chi connectivity index (χ0) is 22.4. The van der Waals surface area contributed by atoms with Gasteiger partial charge in [-0.1, -0.05) is 6.07 Å². The van der Waals surface area contributed by atoms with Gasteiger partial charge in [-0.2, -0.15) is 4.98 Å². The third kappa shape index (κ3) is 4.34. The predicted molar refractivity (Wildman–Crippen MR) is 118 cm³/mol. The number of oxazole rings is 1. The molecule has 3 aliphatic rings. The summed E-state index contributed by atoms with van der Waals surface area (Å²) in [4.78, 5) is 34.0. The van der Waals surface area contributed by atoms with Gasteiger partial charge in [0.1, 0.15) is 11.1 Å². The first kappa shape index (κ1) is 21.5. The van der Waals surface area contributed by atoms with E-state index < -0.39 is 11.7 Å². The van der Waals surface area contributed by atoms with Crippen LogP contribution in [0.2, 0.25) is 0 Å². The fourth-order valence-corrected chi connectivity index (χ4v) is 4.67. The van der Waals surface area contributed by atoms with Gasteiger partial charge in [0.15, 0.2) is 5.58 Å². The molecule has 3 fully saturated rings. The van der Waals surface area contributed by atoms with Crippen molar-refractivity contribution >= 4 is 29.1 Å². The number of carbonyl (C=O) groups is 2. The highest BCUT2D eigenvalue weighted by molar-refractivity contribution is 6.05. The van der Waals surface area contributed by atoms with Gasteiger partial charge in [0, 0.05) is 38.6 Å². The summed E-state index contributed by atoms with van der Waals surface area (Å²) in [7, 11) is 3.72. The number of hydrogen-bond acceptors (Lipinski definition) is 6. The molecule has 2 aromatic rings. The molecule has 31 heavy (non-hydrogen) atoms. The first-order valence-corrected chi connectivity index (χ1v) is 10.9. The van der Waals surface area contributed by atoms with Gasteiger partial charge in [-0.15, -0.1) is 0 Å². The van der Waals surface area contributed by atoms with Crippen LogP contribution in [-0.4, -0.2) is 60.7 Å².